The molecule has 3 N–H and O–H groups in total. The van der Waals surface area contributed by atoms with Gasteiger partial charge in [0.1, 0.15) is 5.01 Å². The van der Waals surface area contributed by atoms with Gasteiger partial charge in [0.05, 0.1) is 0 Å². The fourth-order valence-electron chi connectivity index (χ4n) is 0.828. The highest BCUT2D eigenvalue weighted by atomic mass is 32.1. The zero-order chi connectivity index (χ0) is 8.97. The molecule has 68 valence electrons. The highest BCUT2D eigenvalue weighted by Crippen LogP contribution is 2.10. The Morgan fingerprint density at radius 2 is 2.50 bits per heavy atom. The number of nitrogens with two attached hydrogens (primary N) is 1. The zero-order valence-electron chi connectivity index (χ0n) is 7.50. The van der Waals surface area contributed by atoms with Crippen molar-refractivity contribution in [2.75, 3.05) is 6.54 Å². The van der Waals surface area contributed by atoms with Crippen LogP contribution >= 0.6 is 11.3 Å². The van der Waals surface area contributed by atoms with Crippen LogP contribution in [0.3, 0.4) is 0 Å². The Balaban J connectivity index is 2.33. The maximum absolute atomic E-state index is 5.46. The van der Waals surface area contributed by atoms with Gasteiger partial charge in [-0.25, -0.2) is 4.98 Å². The quantitative estimate of drug-likeness (QED) is 0.732. The molecule has 1 unspecified atom stereocenters. The Kier molecular flexibility index (Phi) is 3.65. The van der Waals surface area contributed by atoms with E-state index in [0.29, 0.717) is 12.6 Å². The van der Waals surface area contributed by atoms with Crippen molar-refractivity contribution in [1.29, 1.82) is 0 Å². The molecule has 1 heterocycles. The molecule has 3 nitrogen and oxygen atoms in total. The van der Waals surface area contributed by atoms with Crippen molar-refractivity contribution < 1.29 is 0 Å². The lowest BCUT2D eigenvalue weighted by Crippen LogP contribution is -2.32. The molecular formula is C8H15N3S. The van der Waals surface area contributed by atoms with E-state index >= 15 is 0 Å². The van der Waals surface area contributed by atoms with Crippen molar-refractivity contribution in [3.63, 3.8) is 0 Å². The van der Waals surface area contributed by atoms with Gasteiger partial charge in [-0.1, -0.05) is 0 Å². The van der Waals surface area contributed by atoms with E-state index in [-0.39, 0.29) is 0 Å². The second-order valence-electron chi connectivity index (χ2n) is 2.88. The molecule has 1 rings (SSSR count). The summed E-state index contributed by atoms with van der Waals surface area (Å²) in [6.45, 7) is 5.63. The molecule has 0 aliphatic heterocycles. The summed E-state index contributed by atoms with van der Waals surface area (Å²) in [5.74, 6) is 0. The third-order valence-corrected chi connectivity index (χ3v) is 2.54. The van der Waals surface area contributed by atoms with E-state index in [2.05, 4.69) is 24.1 Å². The molecule has 0 aromatic carbocycles. The second kappa shape index (κ2) is 4.54. The topological polar surface area (TPSA) is 50.9 Å². The summed E-state index contributed by atoms with van der Waals surface area (Å²) in [5, 5.41) is 4.42. The number of aromatic nitrogens is 1. The molecule has 0 fully saturated rings. The lowest BCUT2D eigenvalue weighted by atomic mass is 10.3. The molecule has 0 saturated heterocycles. The first-order chi connectivity index (χ1) is 5.72. The highest BCUT2D eigenvalue weighted by molar-refractivity contribution is 7.11. The van der Waals surface area contributed by atoms with E-state index < -0.39 is 0 Å². The monoisotopic (exact) mass is 185 g/mol. The molecule has 0 spiro atoms. The van der Waals surface area contributed by atoms with E-state index in [4.69, 9.17) is 5.73 Å². The summed E-state index contributed by atoms with van der Waals surface area (Å²) >= 11 is 1.73. The lowest BCUT2D eigenvalue weighted by molar-refractivity contribution is 0.555. The van der Waals surface area contributed by atoms with Crippen LogP contribution in [0.25, 0.3) is 0 Å². The minimum atomic E-state index is 0.370. The maximum atomic E-state index is 5.46. The van der Waals surface area contributed by atoms with Gasteiger partial charge < -0.3 is 11.1 Å². The largest absolute Gasteiger partial charge is 0.329 e. The number of aryl methyl sites for hydroxylation is 1. The Morgan fingerprint density at radius 3 is 3.00 bits per heavy atom. The second-order valence-corrected chi connectivity index (χ2v) is 4.20. The molecule has 0 bridgehead atoms. The molecule has 0 aliphatic rings. The van der Waals surface area contributed by atoms with E-state index in [9.17, 15) is 0 Å². The van der Waals surface area contributed by atoms with Crippen LogP contribution < -0.4 is 11.1 Å². The average molecular weight is 185 g/mol. The summed E-state index contributed by atoms with van der Waals surface area (Å²) in [7, 11) is 0. The number of hydrogen-bond donors (Lipinski definition) is 2. The summed E-state index contributed by atoms with van der Waals surface area (Å²) in [6, 6.07) is 0.370. The van der Waals surface area contributed by atoms with Crippen LogP contribution in [-0.2, 0) is 6.54 Å². The van der Waals surface area contributed by atoms with Crippen LogP contribution in [0, 0.1) is 6.92 Å². The van der Waals surface area contributed by atoms with Crippen molar-refractivity contribution in [2.24, 2.45) is 5.73 Å². The van der Waals surface area contributed by atoms with Gasteiger partial charge in [-0.05, 0) is 13.8 Å². The predicted octanol–water partition coefficient (Wildman–Crippen LogP) is 0.888. The van der Waals surface area contributed by atoms with Crippen molar-refractivity contribution in [1.82, 2.24) is 10.3 Å². The first kappa shape index (κ1) is 9.64. The van der Waals surface area contributed by atoms with Crippen LogP contribution in [0.15, 0.2) is 6.20 Å². The SMILES string of the molecule is Cc1cnc(CNC(C)CN)s1. The number of nitrogens with zero attached hydrogens (tertiary/aromatic N) is 1. The minimum absolute atomic E-state index is 0.370. The van der Waals surface area contributed by atoms with Gasteiger partial charge in [0.15, 0.2) is 0 Å². The Bertz CT molecular complexity index is 234. The molecule has 4 heteroatoms. The maximum Gasteiger partial charge on any atom is 0.107 e. The van der Waals surface area contributed by atoms with Crippen molar-refractivity contribution in [2.45, 2.75) is 26.4 Å². The van der Waals surface area contributed by atoms with Gasteiger partial charge in [-0.2, -0.15) is 0 Å². The highest BCUT2D eigenvalue weighted by Gasteiger charge is 2.00. The molecule has 0 amide bonds. The van der Waals surface area contributed by atoms with Crippen LogP contribution in [0.5, 0.6) is 0 Å². The van der Waals surface area contributed by atoms with E-state index in [1.807, 2.05) is 6.20 Å². The smallest absolute Gasteiger partial charge is 0.107 e. The molecule has 0 aliphatic carbocycles. The lowest BCUT2D eigenvalue weighted by Gasteiger charge is -2.08. The molecule has 1 atom stereocenters. The van der Waals surface area contributed by atoms with Crippen molar-refractivity contribution in [3.05, 3.63) is 16.1 Å². The van der Waals surface area contributed by atoms with Gasteiger partial charge in [-0.3, -0.25) is 0 Å². The summed E-state index contributed by atoms with van der Waals surface area (Å²) < 4.78 is 0. The van der Waals surface area contributed by atoms with Gasteiger partial charge in [0.2, 0.25) is 0 Å². The standard InChI is InChI=1S/C8H15N3S/c1-6(3-9)10-5-8-11-4-7(2)12-8/h4,6,10H,3,5,9H2,1-2H3. The number of rotatable bonds is 4. The minimum Gasteiger partial charge on any atom is -0.329 e. The summed E-state index contributed by atoms with van der Waals surface area (Å²) in [4.78, 5) is 5.49. The van der Waals surface area contributed by atoms with Crippen molar-refractivity contribution in [3.8, 4) is 0 Å². The molecule has 1 aromatic rings. The average Bonchev–Trinajstić information content (AvgIpc) is 2.47. The van der Waals surface area contributed by atoms with Gasteiger partial charge in [0, 0.05) is 30.2 Å². The van der Waals surface area contributed by atoms with E-state index in [0.717, 1.165) is 11.6 Å². The normalized spacial score (nSPS) is 13.2. The third kappa shape index (κ3) is 2.89. The van der Waals surface area contributed by atoms with Crippen LogP contribution in [-0.4, -0.2) is 17.6 Å². The molecule has 1 aromatic heterocycles. The van der Waals surface area contributed by atoms with Crippen LogP contribution in [0.2, 0.25) is 0 Å². The van der Waals surface area contributed by atoms with Crippen LogP contribution in [0.4, 0.5) is 0 Å². The number of thiazole rings is 1. The molecule has 12 heavy (non-hydrogen) atoms. The molecule has 0 radical (unpaired) electrons. The van der Waals surface area contributed by atoms with E-state index in [1.165, 1.54) is 4.88 Å². The summed E-state index contributed by atoms with van der Waals surface area (Å²) in [6.07, 6.45) is 1.90. The Morgan fingerprint density at radius 1 is 1.75 bits per heavy atom. The van der Waals surface area contributed by atoms with Gasteiger partial charge in [0.25, 0.3) is 0 Å². The Hall–Kier alpha value is -0.450. The fourth-order valence-corrected chi connectivity index (χ4v) is 1.57. The van der Waals surface area contributed by atoms with Crippen LogP contribution in [0.1, 0.15) is 16.8 Å². The number of hydrogen-bond acceptors (Lipinski definition) is 4. The van der Waals surface area contributed by atoms with E-state index in [1.54, 1.807) is 11.3 Å². The van der Waals surface area contributed by atoms with Gasteiger partial charge >= 0.3 is 0 Å². The molecular weight excluding hydrogens is 170 g/mol. The summed E-state index contributed by atoms with van der Waals surface area (Å²) in [5.41, 5.74) is 5.46. The first-order valence-corrected chi connectivity index (χ1v) is 4.88. The van der Waals surface area contributed by atoms with Crippen molar-refractivity contribution >= 4 is 11.3 Å². The predicted molar refractivity (Wildman–Crippen MR) is 52.2 cm³/mol. The zero-order valence-corrected chi connectivity index (χ0v) is 8.32. The van der Waals surface area contributed by atoms with Gasteiger partial charge in [-0.15, -0.1) is 11.3 Å². The molecule has 0 saturated carbocycles. The number of nitrogens with one attached hydrogen (secondary N) is 1. The Labute approximate surface area is 77.0 Å². The third-order valence-electron chi connectivity index (χ3n) is 1.62. The fraction of sp³-hybridized carbons (Fsp3) is 0.625. The first-order valence-electron chi connectivity index (χ1n) is 4.07.